The summed E-state index contributed by atoms with van der Waals surface area (Å²) in [6.45, 7) is 3.29. The number of nitrogens with zero attached hydrogens (tertiary/aromatic N) is 4. The van der Waals surface area contributed by atoms with Crippen LogP contribution in [0.1, 0.15) is 13.2 Å². The first-order valence-corrected chi connectivity index (χ1v) is 10.0. The van der Waals surface area contributed by atoms with Crippen LogP contribution in [0.5, 0.6) is 0 Å². The number of rotatable bonds is 6. The molecule has 1 saturated heterocycles. The fourth-order valence-corrected chi connectivity index (χ4v) is 3.30. The summed E-state index contributed by atoms with van der Waals surface area (Å²) in [5.41, 5.74) is 4.17. The highest BCUT2D eigenvalue weighted by atomic mass is 16.5. The molecule has 2 aromatic carbocycles. The van der Waals surface area contributed by atoms with Crippen molar-refractivity contribution < 1.29 is 12.4 Å². The van der Waals surface area contributed by atoms with Gasteiger partial charge >= 0.3 is 0 Å². The lowest BCUT2D eigenvalue weighted by Crippen LogP contribution is -2.36. The van der Waals surface area contributed by atoms with Crippen molar-refractivity contribution in [2.24, 2.45) is 0 Å². The van der Waals surface area contributed by atoms with Crippen LogP contribution in [0.2, 0.25) is 0 Å². The number of carbonyl (C=O) groups is 1. The summed E-state index contributed by atoms with van der Waals surface area (Å²) in [4.78, 5) is 23.1. The predicted octanol–water partition coefficient (Wildman–Crippen LogP) is 3.47. The second kappa shape index (κ2) is 9.69. The Morgan fingerprint density at radius 2 is 1.84 bits per heavy atom. The molecule has 0 radical (unpaired) electrons. The van der Waals surface area contributed by atoms with Crippen LogP contribution in [0.3, 0.4) is 0 Å². The number of hydrogen-bond donors (Lipinski definition) is 2. The number of amides is 1. The summed E-state index contributed by atoms with van der Waals surface area (Å²) in [6.07, 6.45) is 1.69. The van der Waals surface area contributed by atoms with Gasteiger partial charge in [0.2, 0.25) is 5.95 Å². The highest BCUT2D eigenvalue weighted by Crippen LogP contribution is 2.22. The summed E-state index contributed by atoms with van der Waals surface area (Å²) >= 11 is 0. The quantitative estimate of drug-likeness (QED) is 0.591. The topological polar surface area (TPSA) is 103 Å². The molecule has 3 aromatic rings. The standard InChI is InChI=1S/C23H22N6O2.2H2/c24-10-12-25-22(30)18-3-1-17(2-4-18)21-9-11-26-23(28-21)27-19-5-7-20(8-6-19)29-13-15-31-16-14-29;;/h1-9,11H,12-16H2,(H,25,30)(H,26,27,28);2*1H. The molecule has 0 atom stereocenters. The van der Waals surface area contributed by atoms with E-state index >= 15 is 0 Å². The number of morpholine rings is 1. The summed E-state index contributed by atoms with van der Waals surface area (Å²) in [6, 6.07) is 18.9. The first-order chi connectivity index (χ1) is 15.2. The van der Waals surface area contributed by atoms with Crippen LogP contribution in [0.25, 0.3) is 11.3 Å². The van der Waals surface area contributed by atoms with Crippen molar-refractivity contribution in [1.82, 2.24) is 15.3 Å². The molecular weight excluding hydrogens is 392 g/mol. The average Bonchev–Trinajstić information content (AvgIpc) is 2.84. The molecule has 4 rings (SSSR count). The van der Waals surface area contributed by atoms with Crippen LogP contribution in [-0.2, 0) is 4.74 Å². The van der Waals surface area contributed by atoms with E-state index in [9.17, 15) is 4.79 Å². The van der Waals surface area contributed by atoms with Gasteiger partial charge in [-0.1, -0.05) is 12.1 Å². The van der Waals surface area contributed by atoms with Crippen molar-refractivity contribution in [3.8, 4) is 17.3 Å². The molecule has 2 heterocycles. The summed E-state index contributed by atoms with van der Waals surface area (Å²) in [7, 11) is 0. The maximum Gasteiger partial charge on any atom is 0.252 e. The van der Waals surface area contributed by atoms with E-state index in [1.54, 1.807) is 18.3 Å². The molecule has 2 N–H and O–H groups in total. The first-order valence-electron chi connectivity index (χ1n) is 10.0. The highest BCUT2D eigenvalue weighted by Gasteiger charge is 2.11. The Kier molecular flexibility index (Phi) is 6.35. The van der Waals surface area contributed by atoms with Crippen LogP contribution in [-0.4, -0.2) is 48.7 Å². The Morgan fingerprint density at radius 1 is 1.10 bits per heavy atom. The number of aromatic nitrogens is 2. The Balaban J connectivity index is 0.00000193. The average molecular weight is 419 g/mol. The fourth-order valence-electron chi connectivity index (χ4n) is 3.30. The van der Waals surface area contributed by atoms with E-state index in [1.807, 2.05) is 36.4 Å². The van der Waals surface area contributed by atoms with Crippen molar-refractivity contribution in [1.29, 1.82) is 5.26 Å². The number of nitrogens with one attached hydrogen (secondary N) is 2. The van der Waals surface area contributed by atoms with Gasteiger partial charge in [-0.25, -0.2) is 9.97 Å². The fraction of sp³-hybridized carbons (Fsp3) is 0.217. The zero-order valence-electron chi connectivity index (χ0n) is 16.9. The van der Waals surface area contributed by atoms with Crippen LogP contribution in [0.4, 0.5) is 17.3 Å². The van der Waals surface area contributed by atoms with Gasteiger partial charge in [0, 0.05) is 44.6 Å². The normalized spacial score (nSPS) is 13.3. The smallest absolute Gasteiger partial charge is 0.252 e. The molecule has 0 bridgehead atoms. The van der Waals surface area contributed by atoms with E-state index in [0.717, 1.165) is 43.2 Å². The van der Waals surface area contributed by atoms with E-state index in [0.29, 0.717) is 11.5 Å². The molecule has 1 aliphatic rings. The van der Waals surface area contributed by atoms with Gasteiger partial charge in [-0.05, 0) is 42.5 Å². The van der Waals surface area contributed by atoms with Crippen molar-refractivity contribution in [3.05, 3.63) is 66.4 Å². The zero-order valence-corrected chi connectivity index (χ0v) is 16.9. The van der Waals surface area contributed by atoms with Crippen LogP contribution >= 0.6 is 0 Å². The zero-order chi connectivity index (χ0) is 21.5. The van der Waals surface area contributed by atoms with Gasteiger partial charge < -0.3 is 20.3 Å². The van der Waals surface area contributed by atoms with E-state index < -0.39 is 0 Å². The van der Waals surface area contributed by atoms with Gasteiger partial charge in [-0.3, -0.25) is 4.79 Å². The molecule has 8 nitrogen and oxygen atoms in total. The number of anilines is 3. The molecule has 0 aliphatic carbocycles. The first kappa shape index (κ1) is 20.3. The maximum atomic E-state index is 11.9. The minimum atomic E-state index is -0.279. The van der Waals surface area contributed by atoms with Crippen LogP contribution in [0.15, 0.2) is 60.8 Å². The van der Waals surface area contributed by atoms with Crippen molar-refractivity contribution in [3.63, 3.8) is 0 Å². The van der Waals surface area contributed by atoms with E-state index in [2.05, 4.69) is 37.6 Å². The Labute approximate surface area is 183 Å². The van der Waals surface area contributed by atoms with Crippen LogP contribution in [0, 0.1) is 11.3 Å². The largest absolute Gasteiger partial charge is 0.378 e. The number of hydrogen-bond acceptors (Lipinski definition) is 7. The molecule has 0 spiro atoms. The number of nitriles is 1. The van der Waals surface area contributed by atoms with E-state index in [1.165, 1.54) is 5.69 Å². The second-order valence-corrected chi connectivity index (χ2v) is 6.95. The molecule has 31 heavy (non-hydrogen) atoms. The van der Waals surface area contributed by atoms with Gasteiger partial charge in [-0.15, -0.1) is 0 Å². The molecule has 160 valence electrons. The van der Waals surface area contributed by atoms with Crippen molar-refractivity contribution in [2.75, 3.05) is 43.1 Å². The second-order valence-electron chi connectivity index (χ2n) is 6.95. The van der Waals surface area contributed by atoms with E-state index in [-0.39, 0.29) is 15.3 Å². The SMILES string of the molecule is N#CCNC(=O)c1ccc(-c2ccnc(Nc3ccc(N4CCOCC4)cc3)n2)cc1.[HH].[HH]. The Hall–Kier alpha value is -3.96. The van der Waals surface area contributed by atoms with Gasteiger partial charge in [0.25, 0.3) is 5.91 Å². The molecule has 1 aromatic heterocycles. The van der Waals surface area contributed by atoms with Gasteiger partial charge in [0.05, 0.1) is 25.0 Å². The van der Waals surface area contributed by atoms with Gasteiger partial charge in [0.1, 0.15) is 6.54 Å². The molecular formula is C23H26N6O2. The number of carbonyl (C=O) groups excluding carboxylic acids is 1. The molecule has 1 amide bonds. The Morgan fingerprint density at radius 3 is 2.55 bits per heavy atom. The lowest BCUT2D eigenvalue weighted by molar-refractivity contribution is 0.0958. The van der Waals surface area contributed by atoms with E-state index in [4.69, 9.17) is 10.00 Å². The third kappa shape index (κ3) is 5.15. The molecule has 0 saturated carbocycles. The van der Waals surface area contributed by atoms with Crippen molar-refractivity contribution >= 4 is 23.2 Å². The minimum absolute atomic E-state index is 0. The summed E-state index contributed by atoms with van der Waals surface area (Å²) in [5.74, 6) is 0.214. The van der Waals surface area contributed by atoms with Crippen LogP contribution < -0.4 is 15.5 Å². The van der Waals surface area contributed by atoms with Gasteiger partial charge in [-0.2, -0.15) is 5.26 Å². The molecule has 1 fully saturated rings. The Bertz CT molecular complexity index is 1080. The number of benzene rings is 2. The highest BCUT2D eigenvalue weighted by molar-refractivity contribution is 5.94. The molecule has 8 heteroatoms. The third-order valence-electron chi connectivity index (χ3n) is 4.93. The molecule has 1 aliphatic heterocycles. The lowest BCUT2D eigenvalue weighted by atomic mass is 10.1. The molecule has 0 unspecified atom stereocenters. The monoisotopic (exact) mass is 418 g/mol. The third-order valence-corrected chi connectivity index (χ3v) is 4.93. The predicted molar refractivity (Wildman–Crippen MR) is 122 cm³/mol. The van der Waals surface area contributed by atoms with Crippen molar-refractivity contribution in [2.45, 2.75) is 0 Å². The maximum absolute atomic E-state index is 11.9. The van der Waals surface area contributed by atoms with Gasteiger partial charge in [0.15, 0.2) is 0 Å². The summed E-state index contributed by atoms with van der Waals surface area (Å²) in [5, 5.41) is 14.3. The minimum Gasteiger partial charge on any atom is -0.378 e. The lowest BCUT2D eigenvalue weighted by Gasteiger charge is -2.28. The summed E-state index contributed by atoms with van der Waals surface area (Å²) < 4.78 is 5.40. The number of ether oxygens (including phenoxy) is 1.